The molecule has 0 saturated heterocycles. The van der Waals surface area contributed by atoms with Crippen molar-refractivity contribution in [2.45, 2.75) is 39.8 Å². The van der Waals surface area contributed by atoms with E-state index in [0.29, 0.717) is 23.9 Å². The summed E-state index contributed by atoms with van der Waals surface area (Å²) in [7, 11) is 0. The molecule has 1 aromatic rings. The second-order valence-electron chi connectivity index (χ2n) is 5.04. The van der Waals surface area contributed by atoms with Crippen molar-refractivity contribution in [2.75, 3.05) is 0 Å². The van der Waals surface area contributed by atoms with Gasteiger partial charge in [0.25, 0.3) is 0 Å². The van der Waals surface area contributed by atoms with E-state index in [2.05, 4.69) is 5.32 Å². The Morgan fingerprint density at radius 2 is 2.06 bits per heavy atom. The van der Waals surface area contributed by atoms with Gasteiger partial charge in [0.2, 0.25) is 0 Å². The molecule has 2 N–H and O–H groups in total. The van der Waals surface area contributed by atoms with Crippen LogP contribution < -0.4 is 5.32 Å². The van der Waals surface area contributed by atoms with Crippen molar-refractivity contribution in [3.63, 3.8) is 0 Å². The Hall–Kier alpha value is -1.06. The van der Waals surface area contributed by atoms with Gasteiger partial charge in [0.1, 0.15) is 6.04 Å². The smallest absolute Gasteiger partial charge is 0.320 e. The predicted molar refractivity (Wildman–Crippen MR) is 73.9 cm³/mol. The fraction of sp³-hybridized carbons (Fsp3) is 0.500. The number of benzene rings is 1. The molecule has 0 aromatic heterocycles. The van der Waals surface area contributed by atoms with Crippen molar-refractivity contribution >= 4 is 17.6 Å². The van der Waals surface area contributed by atoms with Crippen LogP contribution in [0.15, 0.2) is 18.2 Å². The molecule has 1 rings (SSSR count). The minimum Gasteiger partial charge on any atom is -0.480 e. The lowest BCUT2D eigenvalue weighted by molar-refractivity contribution is -0.140. The second kappa shape index (κ2) is 6.76. The van der Waals surface area contributed by atoms with Crippen molar-refractivity contribution in [1.82, 2.24) is 5.32 Å². The van der Waals surface area contributed by atoms with Crippen LogP contribution in [0.5, 0.6) is 0 Å². The van der Waals surface area contributed by atoms with Crippen LogP contribution in [0.4, 0.5) is 0 Å². The molecule has 1 aromatic carbocycles. The average molecular weight is 270 g/mol. The van der Waals surface area contributed by atoms with E-state index in [1.54, 1.807) is 0 Å². The van der Waals surface area contributed by atoms with Gasteiger partial charge >= 0.3 is 5.97 Å². The van der Waals surface area contributed by atoms with Gasteiger partial charge in [-0.2, -0.15) is 0 Å². The van der Waals surface area contributed by atoms with Crippen LogP contribution in [0, 0.1) is 12.8 Å². The Morgan fingerprint density at radius 1 is 1.39 bits per heavy atom. The number of carboxylic acids is 1. The molecule has 0 unspecified atom stereocenters. The van der Waals surface area contributed by atoms with Gasteiger partial charge in [-0.25, -0.2) is 0 Å². The third-order valence-corrected chi connectivity index (χ3v) is 2.88. The zero-order chi connectivity index (χ0) is 13.7. The lowest BCUT2D eigenvalue weighted by atomic mass is 10.0. The first-order chi connectivity index (χ1) is 8.38. The minimum atomic E-state index is -0.803. The van der Waals surface area contributed by atoms with E-state index < -0.39 is 12.0 Å². The molecule has 0 aliphatic carbocycles. The molecule has 3 nitrogen and oxygen atoms in total. The summed E-state index contributed by atoms with van der Waals surface area (Å²) in [4.78, 5) is 11.1. The minimum absolute atomic E-state index is 0.347. The molecule has 0 aliphatic rings. The number of rotatable bonds is 6. The Balaban J connectivity index is 2.63. The number of aryl methyl sites for hydroxylation is 1. The van der Waals surface area contributed by atoms with E-state index in [4.69, 9.17) is 16.7 Å². The maximum absolute atomic E-state index is 11.1. The average Bonchev–Trinajstić information content (AvgIpc) is 2.21. The molecular formula is C14H20ClNO2. The van der Waals surface area contributed by atoms with Crippen molar-refractivity contribution in [2.24, 2.45) is 5.92 Å². The van der Waals surface area contributed by atoms with Gasteiger partial charge in [-0.15, -0.1) is 0 Å². The van der Waals surface area contributed by atoms with E-state index in [9.17, 15) is 4.79 Å². The molecule has 0 bridgehead atoms. The monoisotopic (exact) mass is 269 g/mol. The van der Waals surface area contributed by atoms with Crippen LogP contribution in [-0.2, 0) is 11.3 Å². The van der Waals surface area contributed by atoms with Gasteiger partial charge < -0.3 is 10.4 Å². The van der Waals surface area contributed by atoms with Gasteiger partial charge in [-0.05, 0) is 42.5 Å². The highest BCUT2D eigenvalue weighted by Crippen LogP contribution is 2.15. The third kappa shape index (κ3) is 5.07. The highest BCUT2D eigenvalue weighted by molar-refractivity contribution is 6.30. The maximum atomic E-state index is 11.1. The first-order valence-electron chi connectivity index (χ1n) is 6.10. The first kappa shape index (κ1) is 15.0. The number of hydrogen-bond donors (Lipinski definition) is 2. The Labute approximate surface area is 113 Å². The summed E-state index contributed by atoms with van der Waals surface area (Å²) in [5.41, 5.74) is 2.09. The van der Waals surface area contributed by atoms with Crippen molar-refractivity contribution < 1.29 is 9.90 Å². The SMILES string of the molecule is Cc1cc(Cl)cc(CN[C@@H](CC(C)C)C(=O)O)c1. The molecule has 0 saturated carbocycles. The van der Waals surface area contributed by atoms with E-state index in [1.165, 1.54) is 0 Å². The molecule has 0 spiro atoms. The molecule has 4 heteroatoms. The summed E-state index contributed by atoms with van der Waals surface area (Å²) in [6.45, 7) is 6.52. The highest BCUT2D eigenvalue weighted by atomic mass is 35.5. The molecule has 0 heterocycles. The van der Waals surface area contributed by atoms with Crippen LogP contribution in [0.2, 0.25) is 5.02 Å². The largest absolute Gasteiger partial charge is 0.480 e. The maximum Gasteiger partial charge on any atom is 0.320 e. The van der Waals surface area contributed by atoms with Gasteiger partial charge in [0.15, 0.2) is 0 Å². The molecule has 0 radical (unpaired) electrons. The first-order valence-corrected chi connectivity index (χ1v) is 6.48. The molecule has 0 aliphatic heterocycles. The molecule has 1 atom stereocenters. The molecule has 100 valence electrons. The molecule has 0 amide bonds. The fourth-order valence-electron chi connectivity index (χ4n) is 1.90. The number of halogens is 1. The Kier molecular flexibility index (Phi) is 5.63. The van der Waals surface area contributed by atoms with Crippen LogP contribution in [0.25, 0.3) is 0 Å². The van der Waals surface area contributed by atoms with Crippen LogP contribution >= 0.6 is 11.6 Å². The van der Waals surface area contributed by atoms with E-state index in [0.717, 1.165) is 11.1 Å². The summed E-state index contributed by atoms with van der Waals surface area (Å²) in [5, 5.41) is 12.9. The summed E-state index contributed by atoms with van der Waals surface area (Å²) in [6.07, 6.45) is 0.620. The van der Waals surface area contributed by atoms with Gasteiger partial charge in [-0.3, -0.25) is 4.79 Å². The number of hydrogen-bond acceptors (Lipinski definition) is 2. The lowest BCUT2D eigenvalue weighted by Gasteiger charge is -2.16. The fourth-order valence-corrected chi connectivity index (χ4v) is 2.21. The van der Waals surface area contributed by atoms with Crippen molar-refractivity contribution in [3.05, 3.63) is 34.3 Å². The normalized spacial score (nSPS) is 12.7. The zero-order valence-electron chi connectivity index (χ0n) is 11.0. The molecular weight excluding hydrogens is 250 g/mol. The standard InChI is InChI=1S/C14H20ClNO2/c1-9(2)4-13(14(17)18)16-8-11-5-10(3)6-12(15)7-11/h5-7,9,13,16H,4,8H2,1-3H3,(H,17,18)/t13-/m0/s1. The van der Waals surface area contributed by atoms with Crippen LogP contribution in [0.3, 0.4) is 0 Å². The number of nitrogens with one attached hydrogen (secondary N) is 1. The van der Waals surface area contributed by atoms with Crippen molar-refractivity contribution in [3.8, 4) is 0 Å². The number of carbonyl (C=O) groups is 1. The summed E-state index contributed by atoms with van der Waals surface area (Å²) < 4.78 is 0. The molecule has 0 fully saturated rings. The van der Waals surface area contributed by atoms with Gasteiger partial charge in [0, 0.05) is 11.6 Å². The Bertz CT molecular complexity index is 398. The highest BCUT2D eigenvalue weighted by Gasteiger charge is 2.17. The van der Waals surface area contributed by atoms with Gasteiger partial charge in [-0.1, -0.05) is 31.5 Å². The summed E-state index contributed by atoms with van der Waals surface area (Å²) in [5.74, 6) is -0.456. The lowest BCUT2D eigenvalue weighted by Crippen LogP contribution is -2.37. The summed E-state index contributed by atoms with van der Waals surface area (Å²) in [6, 6.07) is 5.24. The second-order valence-corrected chi connectivity index (χ2v) is 5.47. The van der Waals surface area contributed by atoms with Crippen molar-refractivity contribution in [1.29, 1.82) is 0 Å². The van der Waals surface area contributed by atoms with E-state index in [1.807, 2.05) is 39.0 Å². The predicted octanol–water partition coefficient (Wildman–Crippen LogP) is 3.24. The number of carboxylic acid groups (broad SMARTS) is 1. The van der Waals surface area contributed by atoms with E-state index >= 15 is 0 Å². The number of aliphatic carboxylic acids is 1. The summed E-state index contributed by atoms with van der Waals surface area (Å²) >= 11 is 5.97. The van der Waals surface area contributed by atoms with Crippen LogP contribution in [-0.4, -0.2) is 17.1 Å². The van der Waals surface area contributed by atoms with Crippen LogP contribution in [0.1, 0.15) is 31.4 Å². The Morgan fingerprint density at radius 3 is 2.56 bits per heavy atom. The molecule has 18 heavy (non-hydrogen) atoms. The topological polar surface area (TPSA) is 49.3 Å². The van der Waals surface area contributed by atoms with E-state index in [-0.39, 0.29) is 0 Å². The van der Waals surface area contributed by atoms with Gasteiger partial charge in [0.05, 0.1) is 0 Å². The third-order valence-electron chi connectivity index (χ3n) is 2.66. The zero-order valence-corrected chi connectivity index (χ0v) is 11.8. The quantitative estimate of drug-likeness (QED) is 0.834.